The molecule has 0 bridgehead atoms. The molecule has 0 aliphatic carbocycles. The zero-order chi connectivity index (χ0) is 11.8. The topological polar surface area (TPSA) is 29.0 Å². The van der Waals surface area contributed by atoms with Crippen molar-refractivity contribution in [2.24, 2.45) is 0 Å². The van der Waals surface area contributed by atoms with Gasteiger partial charge in [-0.1, -0.05) is 6.07 Å². The molecule has 3 nitrogen and oxygen atoms in total. The summed E-state index contributed by atoms with van der Waals surface area (Å²) in [5.74, 6) is 0.463. The Balaban J connectivity index is 2.06. The number of hydrogen-bond acceptors (Lipinski definition) is 3. The van der Waals surface area contributed by atoms with E-state index in [-0.39, 0.29) is 11.1 Å². The molecule has 0 radical (unpaired) electrons. The Hall–Kier alpha value is -1.68. The van der Waals surface area contributed by atoms with Gasteiger partial charge >= 0.3 is 0 Å². The number of benzene rings is 1. The van der Waals surface area contributed by atoms with Crippen LogP contribution in [0.2, 0.25) is 5.28 Å². The van der Waals surface area contributed by atoms with Gasteiger partial charge in [0.05, 0.1) is 0 Å². The van der Waals surface area contributed by atoms with Crippen molar-refractivity contribution in [2.45, 2.75) is 6.42 Å². The van der Waals surface area contributed by atoms with E-state index in [9.17, 15) is 4.39 Å². The van der Waals surface area contributed by atoms with Crippen LogP contribution in [0.5, 0.6) is 0 Å². The van der Waals surface area contributed by atoms with Crippen LogP contribution in [0.4, 0.5) is 15.9 Å². The van der Waals surface area contributed by atoms with Crippen LogP contribution in [-0.4, -0.2) is 16.5 Å². The first kappa shape index (κ1) is 10.5. The van der Waals surface area contributed by atoms with Gasteiger partial charge in [0, 0.05) is 18.4 Å². The molecule has 0 unspecified atom stereocenters. The monoisotopic (exact) mass is 249 g/mol. The normalized spacial score (nSPS) is 13.9. The van der Waals surface area contributed by atoms with Gasteiger partial charge in [-0.15, -0.1) is 0 Å². The van der Waals surface area contributed by atoms with E-state index in [2.05, 4.69) is 9.97 Å². The average Bonchev–Trinajstić information content (AvgIpc) is 2.71. The van der Waals surface area contributed by atoms with Crippen LogP contribution in [0, 0.1) is 5.82 Å². The van der Waals surface area contributed by atoms with Gasteiger partial charge in [-0.05, 0) is 41.8 Å². The molecule has 2 heterocycles. The van der Waals surface area contributed by atoms with Crippen molar-refractivity contribution < 1.29 is 4.39 Å². The van der Waals surface area contributed by atoms with Gasteiger partial charge in [-0.25, -0.2) is 14.4 Å². The molecule has 0 saturated heterocycles. The summed E-state index contributed by atoms with van der Waals surface area (Å²) < 4.78 is 13.2. The summed E-state index contributed by atoms with van der Waals surface area (Å²) in [5, 5.41) is 0.201. The zero-order valence-corrected chi connectivity index (χ0v) is 9.65. The van der Waals surface area contributed by atoms with E-state index in [1.807, 2.05) is 11.0 Å². The maximum Gasteiger partial charge on any atom is 0.224 e. The van der Waals surface area contributed by atoms with Crippen LogP contribution in [0.1, 0.15) is 5.56 Å². The van der Waals surface area contributed by atoms with E-state index in [0.717, 1.165) is 24.2 Å². The van der Waals surface area contributed by atoms with Gasteiger partial charge in [-0.3, -0.25) is 0 Å². The highest BCUT2D eigenvalue weighted by atomic mass is 35.5. The number of halogens is 2. The summed E-state index contributed by atoms with van der Waals surface area (Å²) in [7, 11) is 0. The first-order chi connectivity index (χ1) is 8.24. The van der Waals surface area contributed by atoms with Crippen molar-refractivity contribution in [3.63, 3.8) is 0 Å². The van der Waals surface area contributed by atoms with Gasteiger partial charge in [0.25, 0.3) is 0 Å². The van der Waals surface area contributed by atoms with E-state index >= 15 is 0 Å². The number of rotatable bonds is 1. The van der Waals surface area contributed by atoms with Crippen LogP contribution in [-0.2, 0) is 6.42 Å². The molecule has 2 aromatic rings. The third-order valence-electron chi connectivity index (χ3n) is 2.83. The number of hydrogen-bond donors (Lipinski definition) is 0. The summed E-state index contributed by atoms with van der Waals surface area (Å²) in [4.78, 5) is 9.93. The molecule has 0 N–H and O–H groups in total. The summed E-state index contributed by atoms with van der Waals surface area (Å²) >= 11 is 5.76. The van der Waals surface area contributed by atoms with Crippen molar-refractivity contribution in [1.82, 2.24) is 9.97 Å². The smallest absolute Gasteiger partial charge is 0.224 e. The Morgan fingerprint density at radius 1 is 1.29 bits per heavy atom. The maximum atomic E-state index is 13.2. The van der Waals surface area contributed by atoms with Crippen molar-refractivity contribution in [3.8, 4) is 0 Å². The van der Waals surface area contributed by atoms with E-state index in [0.29, 0.717) is 5.82 Å². The van der Waals surface area contributed by atoms with Crippen LogP contribution in [0.3, 0.4) is 0 Å². The second-order valence-electron chi connectivity index (χ2n) is 3.86. The molecule has 0 amide bonds. The number of anilines is 2. The molecule has 0 spiro atoms. The number of aromatic nitrogens is 2. The zero-order valence-electron chi connectivity index (χ0n) is 8.90. The predicted octanol–water partition coefficient (Wildman–Crippen LogP) is 2.96. The lowest BCUT2D eigenvalue weighted by atomic mass is 10.2. The quantitative estimate of drug-likeness (QED) is 0.728. The fourth-order valence-corrected chi connectivity index (χ4v) is 2.21. The second-order valence-corrected chi connectivity index (χ2v) is 4.20. The molecule has 1 aliphatic rings. The summed E-state index contributed by atoms with van der Waals surface area (Å²) in [6, 6.07) is 6.59. The summed E-state index contributed by atoms with van der Waals surface area (Å²) in [5.41, 5.74) is 1.99. The number of fused-ring (bicyclic) bond motifs is 1. The molecule has 1 aromatic carbocycles. The second kappa shape index (κ2) is 3.96. The Bertz CT molecular complexity index is 573. The molecule has 3 rings (SSSR count). The minimum atomic E-state index is -0.240. The maximum absolute atomic E-state index is 13.2. The molecular formula is C12H9ClFN3. The highest BCUT2D eigenvalue weighted by Gasteiger charge is 2.21. The van der Waals surface area contributed by atoms with Crippen LogP contribution < -0.4 is 4.90 Å². The van der Waals surface area contributed by atoms with E-state index in [1.54, 1.807) is 12.3 Å². The molecule has 1 aliphatic heterocycles. The lowest BCUT2D eigenvalue weighted by Crippen LogP contribution is -2.15. The van der Waals surface area contributed by atoms with Gasteiger partial charge < -0.3 is 4.90 Å². The van der Waals surface area contributed by atoms with Crippen LogP contribution in [0.25, 0.3) is 0 Å². The molecule has 0 fully saturated rings. The highest BCUT2D eigenvalue weighted by molar-refractivity contribution is 6.28. The lowest BCUT2D eigenvalue weighted by Gasteiger charge is -2.17. The molecule has 1 aromatic heterocycles. The van der Waals surface area contributed by atoms with E-state index in [4.69, 9.17) is 11.6 Å². The summed E-state index contributed by atoms with van der Waals surface area (Å²) in [6.07, 6.45) is 2.49. The van der Waals surface area contributed by atoms with Crippen molar-refractivity contribution in [3.05, 3.63) is 47.1 Å². The fourth-order valence-electron chi connectivity index (χ4n) is 2.07. The van der Waals surface area contributed by atoms with Gasteiger partial charge in [-0.2, -0.15) is 0 Å². The predicted molar refractivity (Wildman–Crippen MR) is 64.2 cm³/mol. The Kier molecular flexibility index (Phi) is 2.44. The molecule has 17 heavy (non-hydrogen) atoms. The van der Waals surface area contributed by atoms with E-state index in [1.165, 1.54) is 12.1 Å². The SMILES string of the molecule is Fc1ccc2c(c1)N(c1ccnc(Cl)n1)CC2. The molecule has 0 saturated carbocycles. The molecular weight excluding hydrogens is 241 g/mol. The van der Waals surface area contributed by atoms with Crippen molar-refractivity contribution in [1.29, 1.82) is 0 Å². The molecule has 0 atom stereocenters. The largest absolute Gasteiger partial charge is 0.326 e. The minimum Gasteiger partial charge on any atom is -0.326 e. The third-order valence-corrected chi connectivity index (χ3v) is 3.01. The van der Waals surface area contributed by atoms with Crippen molar-refractivity contribution >= 4 is 23.1 Å². The molecule has 86 valence electrons. The van der Waals surface area contributed by atoms with Crippen LogP contribution >= 0.6 is 11.6 Å². The highest BCUT2D eigenvalue weighted by Crippen LogP contribution is 2.33. The Morgan fingerprint density at radius 2 is 2.18 bits per heavy atom. The average molecular weight is 250 g/mol. The van der Waals surface area contributed by atoms with E-state index < -0.39 is 0 Å². The van der Waals surface area contributed by atoms with Gasteiger partial charge in [0.2, 0.25) is 5.28 Å². The first-order valence-electron chi connectivity index (χ1n) is 5.28. The minimum absolute atomic E-state index is 0.201. The first-order valence-corrected chi connectivity index (χ1v) is 5.66. The number of nitrogens with zero attached hydrogens (tertiary/aromatic N) is 3. The summed E-state index contributed by atoms with van der Waals surface area (Å²) in [6.45, 7) is 0.784. The van der Waals surface area contributed by atoms with Crippen molar-refractivity contribution in [2.75, 3.05) is 11.4 Å². The lowest BCUT2D eigenvalue weighted by molar-refractivity contribution is 0.628. The fraction of sp³-hybridized carbons (Fsp3) is 0.167. The Morgan fingerprint density at radius 3 is 3.00 bits per heavy atom. The standard InChI is InChI=1S/C12H9ClFN3/c13-12-15-5-3-11(16-12)17-6-4-8-1-2-9(14)7-10(8)17/h1-3,5,7H,4,6H2. The van der Waals surface area contributed by atoms with Crippen LogP contribution in [0.15, 0.2) is 30.5 Å². The molecule has 5 heteroatoms. The Labute approximate surface area is 103 Å². The van der Waals surface area contributed by atoms with Gasteiger partial charge in [0.1, 0.15) is 11.6 Å². The van der Waals surface area contributed by atoms with Gasteiger partial charge in [0.15, 0.2) is 0 Å². The third kappa shape index (κ3) is 1.85.